The third-order valence-corrected chi connectivity index (χ3v) is 5.53. The molecule has 1 amide bonds. The van der Waals surface area contributed by atoms with Gasteiger partial charge in [-0.3, -0.25) is 4.90 Å². The van der Waals surface area contributed by atoms with E-state index in [-0.39, 0.29) is 6.09 Å². The Morgan fingerprint density at radius 2 is 1.90 bits per heavy atom. The van der Waals surface area contributed by atoms with Crippen molar-refractivity contribution in [2.75, 3.05) is 33.3 Å². The summed E-state index contributed by atoms with van der Waals surface area (Å²) in [5.41, 5.74) is 2.57. The molecule has 168 valence electrons. The van der Waals surface area contributed by atoms with Crippen LogP contribution in [0.2, 0.25) is 0 Å². The fourth-order valence-corrected chi connectivity index (χ4v) is 3.42. The Labute approximate surface area is 181 Å². The third kappa shape index (κ3) is 7.52. The number of nitrogens with zero attached hydrogens (tertiary/aromatic N) is 3. The van der Waals surface area contributed by atoms with E-state index in [0.29, 0.717) is 38.3 Å². The van der Waals surface area contributed by atoms with Crippen molar-refractivity contribution in [2.24, 2.45) is 4.99 Å². The average molecular weight is 418 g/mol. The van der Waals surface area contributed by atoms with E-state index in [1.54, 1.807) is 4.90 Å². The second-order valence-corrected chi connectivity index (χ2v) is 8.08. The second kappa shape index (κ2) is 12.4. The lowest BCUT2D eigenvalue weighted by molar-refractivity contribution is 0.0963. The van der Waals surface area contributed by atoms with Gasteiger partial charge in [-0.1, -0.05) is 24.3 Å². The molecular weight excluding hydrogens is 378 g/mol. The maximum absolute atomic E-state index is 11.9. The Balaban J connectivity index is 1.96. The molecule has 7 nitrogen and oxygen atoms in total. The lowest BCUT2D eigenvalue weighted by Crippen LogP contribution is -2.49. The van der Waals surface area contributed by atoms with Crippen molar-refractivity contribution < 1.29 is 9.53 Å². The zero-order chi connectivity index (χ0) is 21.9. The van der Waals surface area contributed by atoms with Crippen molar-refractivity contribution in [3.8, 4) is 0 Å². The van der Waals surface area contributed by atoms with Gasteiger partial charge in [0.05, 0.1) is 13.2 Å². The van der Waals surface area contributed by atoms with E-state index in [2.05, 4.69) is 67.6 Å². The highest BCUT2D eigenvalue weighted by atomic mass is 16.6. The largest absolute Gasteiger partial charge is 0.450 e. The smallest absolute Gasteiger partial charge is 0.409 e. The van der Waals surface area contributed by atoms with Crippen LogP contribution >= 0.6 is 0 Å². The number of hydrogen-bond acceptors (Lipinski definition) is 4. The molecule has 1 fully saturated rings. The number of carbonyl (C=O) groups excluding carboxylic acids is 1. The molecule has 0 aliphatic carbocycles. The van der Waals surface area contributed by atoms with Gasteiger partial charge in [-0.15, -0.1) is 0 Å². The first-order chi connectivity index (χ1) is 14.4. The van der Waals surface area contributed by atoms with Crippen molar-refractivity contribution in [2.45, 2.75) is 65.7 Å². The summed E-state index contributed by atoms with van der Waals surface area (Å²) in [5, 5.41) is 6.90. The maximum atomic E-state index is 11.9. The van der Waals surface area contributed by atoms with Crippen LogP contribution in [0.15, 0.2) is 29.3 Å². The van der Waals surface area contributed by atoms with Gasteiger partial charge in [-0.25, -0.2) is 9.79 Å². The van der Waals surface area contributed by atoms with Crippen molar-refractivity contribution in [3.63, 3.8) is 0 Å². The molecule has 2 rings (SSSR count). The van der Waals surface area contributed by atoms with Gasteiger partial charge in [0, 0.05) is 38.3 Å². The lowest BCUT2D eigenvalue weighted by atomic mass is 10.1. The van der Waals surface area contributed by atoms with E-state index < -0.39 is 0 Å². The molecule has 0 radical (unpaired) electrons. The average Bonchev–Trinajstić information content (AvgIpc) is 2.73. The first-order valence-electron chi connectivity index (χ1n) is 11.2. The van der Waals surface area contributed by atoms with E-state index in [0.717, 1.165) is 31.9 Å². The number of benzene rings is 1. The summed E-state index contributed by atoms with van der Waals surface area (Å²) in [7, 11) is 2.15. The van der Waals surface area contributed by atoms with Crippen molar-refractivity contribution in [1.82, 2.24) is 20.4 Å². The summed E-state index contributed by atoms with van der Waals surface area (Å²) in [6, 6.07) is 9.33. The summed E-state index contributed by atoms with van der Waals surface area (Å²) in [5.74, 6) is 0.833. The molecule has 0 saturated carbocycles. The zero-order valence-corrected chi connectivity index (χ0v) is 19.3. The fraction of sp³-hybridized carbons (Fsp3) is 0.652. The van der Waals surface area contributed by atoms with E-state index in [4.69, 9.17) is 9.73 Å². The summed E-state index contributed by atoms with van der Waals surface area (Å²) in [4.78, 5) is 20.8. The molecule has 1 saturated heterocycles. The summed E-state index contributed by atoms with van der Waals surface area (Å²) < 4.78 is 5.10. The van der Waals surface area contributed by atoms with Crippen LogP contribution in [0.4, 0.5) is 4.79 Å². The predicted octanol–water partition coefficient (Wildman–Crippen LogP) is 3.20. The van der Waals surface area contributed by atoms with Crippen LogP contribution in [0.1, 0.15) is 51.7 Å². The first kappa shape index (κ1) is 24.0. The number of piperidine rings is 1. The van der Waals surface area contributed by atoms with Crippen LogP contribution in [0.25, 0.3) is 0 Å². The number of guanidine groups is 1. The van der Waals surface area contributed by atoms with E-state index in [1.165, 1.54) is 11.1 Å². The predicted molar refractivity (Wildman–Crippen MR) is 123 cm³/mol. The van der Waals surface area contributed by atoms with Crippen LogP contribution in [0.3, 0.4) is 0 Å². The van der Waals surface area contributed by atoms with E-state index >= 15 is 0 Å². The SMILES string of the molecule is CCNC(=NCc1ccccc1CN(C)C(C)C)NC1CCN(C(=O)OCC)CC1. The van der Waals surface area contributed by atoms with Gasteiger partial charge in [0.2, 0.25) is 0 Å². The number of amides is 1. The molecule has 0 bridgehead atoms. The second-order valence-electron chi connectivity index (χ2n) is 8.08. The molecule has 0 atom stereocenters. The van der Waals surface area contributed by atoms with Gasteiger partial charge >= 0.3 is 6.09 Å². The third-order valence-electron chi connectivity index (χ3n) is 5.53. The van der Waals surface area contributed by atoms with Crippen LogP contribution in [0, 0.1) is 0 Å². The van der Waals surface area contributed by atoms with Gasteiger partial charge in [-0.2, -0.15) is 0 Å². The van der Waals surface area contributed by atoms with Gasteiger partial charge in [0.1, 0.15) is 0 Å². The minimum atomic E-state index is -0.209. The van der Waals surface area contributed by atoms with E-state index in [1.807, 2.05) is 6.92 Å². The highest BCUT2D eigenvalue weighted by Gasteiger charge is 2.24. The van der Waals surface area contributed by atoms with Gasteiger partial charge in [-0.05, 0) is 58.7 Å². The molecule has 2 N–H and O–H groups in total. The standard InChI is InChI=1S/C23H39N5O2/c1-6-24-22(26-21-12-14-28(15-13-21)23(29)30-7-2)25-16-19-10-8-9-11-20(19)17-27(5)18(3)4/h8-11,18,21H,6-7,12-17H2,1-5H3,(H2,24,25,26). The number of likely N-dealkylation sites (tertiary alicyclic amines) is 1. The minimum Gasteiger partial charge on any atom is -0.450 e. The van der Waals surface area contributed by atoms with Gasteiger partial charge < -0.3 is 20.3 Å². The number of hydrogen-bond donors (Lipinski definition) is 2. The molecule has 30 heavy (non-hydrogen) atoms. The van der Waals surface area contributed by atoms with Crippen molar-refractivity contribution in [3.05, 3.63) is 35.4 Å². The summed E-state index contributed by atoms with van der Waals surface area (Å²) in [6.07, 6.45) is 1.57. The topological polar surface area (TPSA) is 69.2 Å². The highest BCUT2D eigenvalue weighted by Crippen LogP contribution is 2.14. The van der Waals surface area contributed by atoms with Gasteiger partial charge in [0.25, 0.3) is 0 Å². The summed E-state index contributed by atoms with van der Waals surface area (Å²) >= 11 is 0. The number of aliphatic imine (C=N–C) groups is 1. The van der Waals surface area contributed by atoms with Crippen LogP contribution in [-0.2, 0) is 17.8 Å². The Morgan fingerprint density at radius 3 is 2.50 bits per heavy atom. The number of nitrogens with one attached hydrogen (secondary N) is 2. The molecule has 1 aromatic carbocycles. The molecule has 0 unspecified atom stereocenters. The molecule has 1 aliphatic rings. The monoisotopic (exact) mass is 417 g/mol. The fourth-order valence-electron chi connectivity index (χ4n) is 3.42. The van der Waals surface area contributed by atoms with Crippen LogP contribution < -0.4 is 10.6 Å². The molecule has 0 spiro atoms. The highest BCUT2D eigenvalue weighted by molar-refractivity contribution is 5.80. The molecule has 0 aromatic heterocycles. The zero-order valence-electron chi connectivity index (χ0n) is 19.3. The Bertz CT molecular complexity index is 684. The Hall–Kier alpha value is -2.28. The maximum Gasteiger partial charge on any atom is 0.409 e. The molecule has 1 aromatic rings. The van der Waals surface area contributed by atoms with E-state index in [9.17, 15) is 4.79 Å². The lowest BCUT2D eigenvalue weighted by Gasteiger charge is -2.32. The number of carbonyl (C=O) groups is 1. The summed E-state index contributed by atoms with van der Waals surface area (Å²) in [6.45, 7) is 12.5. The Kier molecular flexibility index (Phi) is 9.94. The van der Waals surface area contributed by atoms with Crippen LogP contribution in [0.5, 0.6) is 0 Å². The number of rotatable bonds is 8. The molecule has 7 heteroatoms. The Morgan fingerprint density at radius 1 is 1.23 bits per heavy atom. The molecular formula is C23H39N5O2. The van der Waals surface area contributed by atoms with Crippen LogP contribution in [-0.4, -0.2) is 67.2 Å². The number of ether oxygens (including phenoxy) is 1. The first-order valence-corrected chi connectivity index (χ1v) is 11.2. The molecule has 1 aliphatic heterocycles. The van der Waals surface area contributed by atoms with Gasteiger partial charge in [0.15, 0.2) is 5.96 Å². The normalized spacial score (nSPS) is 15.6. The molecule has 1 heterocycles. The van der Waals surface area contributed by atoms with Crippen molar-refractivity contribution in [1.29, 1.82) is 0 Å². The minimum absolute atomic E-state index is 0.209. The quantitative estimate of drug-likeness (QED) is 0.502. The van der Waals surface area contributed by atoms with Crippen molar-refractivity contribution >= 4 is 12.1 Å².